The van der Waals surface area contributed by atoms with E-state index in [4.69, 9.17) is 0 Å². The van der Waals surface area contributed by atoms with Crippen molar-refractivity contribution in [2.75, 3.05) is 38.2 Å². The van der Waals surface area contributed by atoms with Gasteiger partial charge in [0.1, 0.15) is 9.84 Å². The second-order valence-electron chi connectivity index (χ2n) is 6.91. The Kier molecular flexibility index (Phi) is 8.38. The third-order valence-corrected chi connectivity index (χ3v) is 5.35. The van der Waals surface area contributed by atoms with E-state index in [0.29, 0.717) is 19.0 Å². The van der Waals surface area contributed by atoms with Crippen LogP contribution in [0.3, 0.4) is 0 Å². The van der Waals surface area contributed by atoms with Gasteiger partial charge in [0.05, 0.1) is 12.3 Å². The molecule has 1 aromatic carbocycles. The first-order valence-electron chi connectivity index (χ1n) is 9.46. The second kappa shape index (κ2) is 10.5. The van der Waals surface area contributed by atoms with Gasteiger partial charge >= 0.3 is 0 Å². The van der Waals surface area contributed by atoms with Crippen LogP contribution in [-0.4, -0.2) is 57.5 Å². The van der Waals surface area contributed by atoms with Crippen LogP contribution in [0, 0.1) is 0 Å². The van der Waals surface area contributed by atoms with Gasteiger partial charge in [-0.25, -0.2) is 13.4 Å². The molecule has 1 heterocycles. The van der Waals surface area contributed by atoms with Crippen LogP contribution < -0.4 is 10.6 Å². The summed E-state index contributed by atoms with van der Waals surface area (Å²) >= 11 is 0. The van der Waals surface area contributed by atoms with Crippen molar-refractivity contribution >= 4 is 15.8 Å². The van der Waals surface area contributed by atoms with E-state index in [0.717, 1.165) is 18.7 Å². The molecule has 2 rings (SSSR count). The highest BCUT2D eigenvalue weighted by molar-refractivity contribution is 7.90. The van der Waals surface area contributed by atoms with Crippen LogP contribution in [0.1, 0.15) is 37.3 Å². The maximum atomic E-state index is 11.2. The first-order chi connectivity index (χ1) is 12.5. The zero-order chi connectivity index (χ0) is 18.8. The molecule has 0 radical (unpaired) electrons. The van der Waals surface area contributed by atoms with Crippen molar-refractivity contribution in [3.05, 3.63) is 35.4 Å². The summed E-state index contributed by atoms with van der Waals surface area (Å²) in [5.74, 6) is 0.747. The van der Waals surface area contributed by atoms with Crippen molar-refractivity contribution in [2.45, 2.75) is 39.3 Å². The van der Waals surface area contributed by atoms with Gasteiger partial charge < -0.3 is 10.6 Å². The number of likely N-dealkylation sites (tertiary alicyclic amines) is 1. The van der Waals surface area contributed by atoms with Gasteiger partial charge in [0.2, 0.25) is 0 Å². The zero-order valence-corrected chi connectivity index (χ0v) is 16.8. The van der Waals surface area contributed by atoms with E-state index >= 15 is 0 Å². The first kappa shape index (κ1) is 20.7. The highest BCUT2D eigenvalue weighted by Crippen LogP contribution is 2.13. The molecule has 7 heteroatoms. The number of hydrogen-bond donors (Lipinski definition) is 2. The predicted octanol–water partition coefficient (Wildman–Crippen LogP) is 1.77. The summed E-state index contributed by atoms with van der Waals surface area (Å²) < 4.78 is 22.4. The molecule has 0 amide bonds. The molecule has 1 aromatic rings. The number of aliphatic imine (C=N–C) groups is 1. The summed E-state index contributed by atoms with van der Waals surface area (Å²) in [6.45, 7) is 7.09. The molecule has 0 spiro atoms. The smallest absolute Gasteiger partial charge is 0.191 e. The standard InChI is InChI=1S/C19H32N4O2S/c1-3-20-19(21-11-14-26(2,24)25)22-15-17-7-9-18(10-8-17)16-23-12-5-4-6-13-23/h7-10H,3-6,11-16H2,1-2H3,(H2,20,21,22). The van der Waals surface area contributed by atoms with Crippen LogP contribution in [0.2, 0.25) is 0 Å². The molecule has 26 heavy (non-hydrogen) atoms. The molecule has 2 N–H and O–H groups in total. The van der Waals surface area contributed by atoms with Crippen molar-refractivity contribution in [3.63, 3.8) is 0 Å². The molecule has 1 fully saturated rings. The monoisotopic (exact) mass is 380 g/mol. The fourth-order valence-corrected chi connectivity index (χ4v) is 3.47. The Morgan fingerprint density at radius 2 is 1.73 bits per heavy atom. The lowest BCUT2D eigenvalue weighted by atomic mass is 10.1. The van der Waals surface area contributed by atoms with Crippen LogP contribution in [0.25, 0.3) is 0 Å². The molecular formula is C19H32N4O2S. The lowest BCUT2D eigenvalue weighted by molar-refractivity contribution is 0.221. The van der Waals surface area contributed by atoms with Crippen LogP contribution >= 0.6 is 0 Å². The fourth-order valence-electron chi connectivity index (χ4n) is 2.99. The average molecular weight is 381 g/mol. The Morgan fingerprint density at radius 1 is 1.08 bits per heavy atom. The third kappa shape index (κ3) is 8.19. The Labute approximate surface area is 158 Å². The van der Waals surface area contributed by atoms with E-state index in [-0.39, 0.29) is 5.75 Å². The number of nitrogens with zero attached hydrogens (tertiary/aromatic N) is 2. The van der Waals surface area contributed by atoms with Gasteiger partial charge in [0.25, 0.3) is 0 Å². The topological polar surface area (TPSA) is 73.8 Å². The molecule has 0 aliphatic carbocycles. The van der Waals surface area contributed by atoms with Crippen molar-refractivity contribution in [1.29, 1.82) is 0 Å². The van der Waals surface area contributed by atoms with Gasteiger partial charge in [0, 0.05) is 25.9 Å². The zero-order valence-electron chi connectivity index (χ0n) is 16.0. The van der Waals surface area contributed by atoms with Crippen LogP contribution in [-0.2, 0) is 22.9 Å². The largest absolute Gasteiger partial charge is 0.357 e. The first-order valence-corrected chi connectivity index (χ1v) is 11.5. The summed E-state index contributed by atoms with van der Waals surface area (Å²) in [5, 5.41) is 6.21. The lowest BCUT2D eigenvalue weighted by Crippen LogP contribution is -2.39. The summed E-state index contributed by atoms with van der Waals surface area (Å²) in [6.07, 6.45) is 5.22. The maximum absolute atomic E-state index is 11.2. The van der Waals surface area contributed by atoms with E-state index in [9.17, 15) is 8.42 Å². The Morgan fingerprint density at radius 3 is 2.35 bits per heavy atom. The number of hydrogen-bond acceptors (Lipinski definition) is 4. The molecule has 0 unspecified atom stereocenters. The minimum Gasteiger partial charge on any atom is -0.357 e. The quantitative estimate of drug-likeness (QED) is 0.531. The van der Waals surface area contributed by atoms with Gasteiger partial charge in [-0.3, -0.25) is 4.90 Å². The number of nitrogens with one attached hydrogen (secondary N) is 2. The van der Waals surface area contributed by atoms with Crippen molar-refractivity contribution in [1.82, 2.24) is 15.5 Å². The van der Waals surface area contributed by atoms with E-state index in [1.54, 1.807) is 0 Å². The maximum Gasteiger partial charge on any atom is 0.191 e. The van der Waals surface area contributed by atoms with Gasteiger partial charge in [-0.2, -0.15) is 0 Å². The highest BCUT2D eigenvalue weighted by atomic mass is 32.2. The molecule has 0 aromatic heterocycles. The molecule has 6 nitrogen and oxygen atoms in total. The molecule has 0 saturated carbocycles. The SMILES string of the molecule is CCNC(=NCc1ccc(CN2CCCCC2)cc1)NCCS(C)(=O)=O. The number of sulfone groups is 1. The van der Waals surface area contributed by atoms with Crippen LogP contribution in [0.5, 0.6) is 0 Å². The van der Waals surface area contributed by atoms with Gasteiger partial charge in [-0.1, -0.05) is 30.7 Å². The van der Waals surface area contributed by atoms with E-state index in [1.165, 1.54) is 44.2 Å². The molecule has 1 aliphatic rings. The van der Waals surface area contributed by atoms with Crippen molar-refractivity contribution in [3.8, 4) is 0 Å². The number of guanidine groups is 1. The number of benzene rings is 1. The summed E-state index contributed by atoms with van der Waals surface area (Å²) in [4.78, 5) is 7.06. The predicted molar refractivity (Wildman–Crippen MR) is 108 cm³/mol. The summed E-state index contributed by atoms with van der Waals surface area (Å²) in [5.41, 5.74) is 2.49. The molecule has 1 saturated heterocycles. The number of rotatable bonds is 8. The fraction of sp³-hybridized carbons (Fsp3) is 0.632. The van der Waals surface area contributed by atoms with Gasteiger partial charge in [-0.05, 0) is 44.0 Å². The Hall–Kier alpha value is -1.60. The Bertz CT molecular complexity index is 665. The Balaban J connectivity index is 1.85. The molecular weight excluding hydrogens is 348 g/mol. The van der Waals surface area contributed by atoms with E-state index in [2.05, 4.69) is 44.8 Å². The van der Waals surface area contributed by atoms with Crippen molar-refractivity contribution < 1.29 is 8.42 Å². The van der Waals surface area contributed by atoms with Crippen LogP contribution in [0.15, 0.2) is 29.3 Å². The normalized spacial score (nSPS) is 16.5. The minimum absolute atomic E-state index is 0.0998. The summed E-state index contributed by atoms with van der Waals surface area (Å²) in [7, 11) is -2.97. The summed E-state index contributed by atoms with van der Waals surface area (Å²) in [6, 6.07) is 8.62. The average Bonchev–Trinajstić information content (AvgIpc) is 2.61. The molecule has 1 aliphatic heterocycles. The van der Waals surface area contributed by atoms with Gasteiger partial charge in [0.15, 0.2) is 5.96 Å². The third-order valence-electron chi connectivity index (χ3n) is 4.41. The minimum atomic E-state index is -2.97. The molecule has 0 bridgehead atoms. The van der Waals surface area contributed by atoms with Gasteiger partial charge in [-0.15, -0.1) is 0 Å². The number of piperidine rings is 1. The lowest BCUT2D eigenvalue weighted by Gasteiger charge is -2.26. The molecule has 146 valence electrons. The van der Waals surface area contributed by atoms with Crippen LogP contribution in [0.4, 0.5) is 0 Å². The van der Waals surface area contributed by atoms with Crippen molar-refractivity contribution in [2.24, 2.45) is 4.99 Å². The molecule has 0 atom stereocenters. The highest BCUT2D eigenvalue weighted by Gasteiger charge is 2.10. The second-order valence-corrected chi connectivity index (χ2v) is 9.16. The van der Waals surface area contributed by atoms with E-state index < -0.39 is 9.84 Å². The van der Waals surface area contributed by atoms with E-state index in [1.807, 2.05) is 6.92 Å².